The summed E-state index contributed by atoms with van der Waals surface area (Å²) in [5, 5.41) is 0. The van der Waals surface area contributed by atoms with E-state index in [0.29, 0.717) is 19.2 Å². The first kappa shape index (κ1) is 15.4. The number of hydrogen-bond donors (Lipinski definition) is 1. The lowest BCUT2D eigenvalue weighted by Gasteiger charge is -2.28. The minimum atomic E-state index is 0.0799. The molecule has 1 atom stereocenters. The van der Waals surface area contributed by atoms with Gasteiger partial charge in [0.2, 0.25) is 5.91 Å². The van der Waals surface area contributed by atoms with E-state index in [4.69, 9.17) is 10.5 Å². The maximum Gasteiger partial charge on any atom is 0.248 e. The van der Waals surface area contributed by atoms with E-state index < -0.39 is 0 Å². The molecule has 0 spiro atoms. The average Bonchev–Trinajstić information content (AvgIpc) is 2.29. The van der Waals surface area contributed by atoms with Crippen molar-refractivity contribution in [3.63, 3.8) is 0 Å². The van der Waals surface area contributed by atoms with Crippen molar-refractivity contribution in [2.24, 2.45) is 5.73 Å². The Kier molecular flexibility index (Phi) is 9.24. The lowest BCUT2D eigenvalue weighted by molar-refractivity contribution is -0.138. The predicted molar refractivity (Wildman–Crippen MR) is 66.2 cm³/mol. The van der Waals surface area contributed by atoms with E-state index >= 15 is 0 Å². The molecule has 2 N–H and O–H groups in total. The third-order valence-electron chi connectivity index (χ3n) is 2.68. The van der Waals surface area contributed by atoms with Crippen molar-refractivity contribution >= 4 is 5.91 Å². The number of ether oxygens (including phenoxy) is 1. The van der Waals surface area contributed by atoms with Crippen LogP contribution in [0.25, 0.3) is 0 Å². The van der Waals surface area contributed by atoms with Crippen LogP contribution in [-0.2, 0) is 9.53 Å². The van der Waals surface area contributed by atoms with Gasteiger partial charge in [0.15, 0.2) is 0 Å². The van der Waals surface area contributed by atoms with Crippen LogP contribution in [0.2, 0.25) is 0 Å². The molecule has 0 fully saturated rings. The fraction of sp³-hybridized carbons (Fsp3) is 0.917. The first-order valence-electron chi connectivity index (χ1n) is 6.24. The highest BCUT2D eigenvalue weighted by Gasteiger charge is 2.17. The summed E-state index contributed by atoms with van der Waals surface area (Å²) in [5.74, 6) is 0.0799. The van der Waals surface area contributed by atoms with Gasteiger partial charge in [-0.2, -0.15) is 0 Å². The Balaban J connectivity index is 4.09. The Morgan fingerprint density at radius 1 is 1.44 bits per heavy atom. The molecule has 0 radical (unpaired) electrons. The number of carbonyl (C=O) groups excluding carboxylic acids is 1. The van der Waals surface area contributed by atoms with Crippen LogP contribution in [0.4, 0.5) is 0 Å². The summed E-state index contributed by atoms with van der Waals surface area (Å²) < 4.78 is 5.18. The third kappa shape index (κ3) is 6.08. The van der Waals surface area contributed by atoms with Gasteiger partial charge in [0.1, 0.15) is 6.61 Å². The van der Waals surface area contributed by atoms with E-state index in [-0.39, 0.29) is 12.5 Å². The fourth-order valence-electron chi connectivity index (χ4n) is 1.47. The largest absolute Gasteiger partial charge is 0.370 e. The first-order chi connectivity index (χ1) is 7.67. The molecule has 0 rings (SSSR count). The number of carbonyl (C=O) groups is 1. The second-order valence-electron chi connectivity index (χ2n) is 4.04. The summed E-state index contributed by atoms with van der Waals surface area (Å²) >= 11 is 0. The van der Waals surface area contributed by atoms with Gasteiger partial charge in [-0.25, -0.2) is 0 Å². The quantitative estimate of drug-likeness (QED) is 0.609. The molecular formula is C12H26N2O2. The van der Waals surface area contributed by atoms with Crippen molar-refractivity contribution in [3.8, 4) is 0 Å². The molecule has 96 valence electrons. The van der Waals surface area contributed by atoms with E-state index in [1.54, 1.807) is 0 Å². The van der Waals surface area contributed by atoms with Gasteiger partial charge in [0.05, 0.1) is 6.61 Å². The van der Waals surface area contributed by atoms with E-state index in [9.17, 15) is 4.79 Å². The van der Waals surface area contributed by atoms with Crippen LogP contribution >= 0.6 is 0 Å². The fourth-order valence-corrected chi connectivity index (χ4v) is 1.47. The lowest BCUT2D eigenvalue weighted by Crippen LogP contribution is -2.41. The highest BCUT2D eigenvalue weighted by molar-refractivity contribution is 5.77. The second-order valence-corrected chi connectivity index (χ2v) is 4.04. The molecule has 0 saturated heterocycles. The van der Waals surface area contributed by atoms with Gasteiger partial charge in [0.25, 0.3) is 0 Å². The maximum absolute atomic E-state index is 11.9. The minimum Gasteiger partial charge on any atom is -0.370 e. The second kappa shape index (κ2) is 9.60. The van der Waals surface area contributed by atoms with E-state index in [1.807, 2.05) is 4.90 Å². The Bertz CT molecular complexity index is 186. The molecule has 0 aromatic heterocycles. The first-order valence-corrected chi connectivity index (χ1v) is 6.24. The topological polar surface area (TPSA) is 55.6 Å². The minimum absolute atomic E-state index is 0.0799. The third-order valence-corrected chi connectivity index (χ3v) is 2.68. The molecule has 1 unspecified atom stereocenters. The Hall–Kier alpha value is -0.610. The molecule has 4 nitrogen and oxygen atoms in total. The van der Waals surface area contributed by atoms with Crippen molar-refractivity contribution in [1.82, 2.24) is 4.90 Å². The molecular weight excluding hydrogens is 204 g/mol. The maximum atomic E-state index is 11.9. The van der Waals surface area contributed by atoms with Gasteiger partial charge < -0.3 is 15.4 Å². The van der Waals surface area contributed by atoms with Gasteiger partial charge in [-0.15, -0.1) is 0 Å². The summed E-state index contributed by atoms with van der Waals surface area (Å²) in [6.45, 7) is 8.21. The highest BCUT2D eigenvalue weighted by Crippen LogP contribution is 2.06. The number of nitrogens with zero attached hydrogens (tertiary/aromatic N) is 1. The number of amides is 1. The van der Waals surface area contributed by atoms with Crippen LogP contribution in [0.1, 0.15) is 40.0 Å². The summed E-state index contributed by atoms with van der Waals surface area (Å²) in [4.78, 5) is 13.8. The summed E-state index contributed by atoms with van der Waals surface area (Å²) in [7, 11) is 0. The van der Waals surface area contributed by atoms with E-state index in [2.05, 4.69) is 20.8 Å². The van der Waals surface area contributed by atoms with Gasteiger partial charge in [-0.05, 0) is 19.8 Å². The zero-order valence-corrected chi connectivity index (χ0v) is 10.9. The molecule has 0 bridgehead atoms. The number of hydrogen-bond acceptors (Lipinski definition) is 3. The monoisotopic (exact) mass is 230 g/mol. The molecule has 0 heterocycles. The Labute approximate surface area is 99.1 Å². The molecule has 1 amide bonds. The molecule has 0 aromatic rings. The summed E-state index contributed by atoms with van der Waals surface area (Å²) in [6.07, 6.45) is 3.13. The van der Waals surface area contributed by atoms with Crippen molar-refractivity contribution in [1.29, 1.82) is 0 Å². The number of rotatable bonds is 9. The number of nitrogens with two attached hydrogens (primary N) is 1. The molecule has 0 aliphatic rings. The van der Waals surface area contributed by atoms with Crippen LogP contribution in [0.5, 0.6) is 0 Å². The van der Waals surface area contributed by atoms with Gasteiger partial charge in [-0.3, -0.25) is 4.79 Å². The Morgan fingerprint density at radius 2 is 2.12 bits per heavy atom. The zero-order valence-electron chi connectivity index (χ0n) is 10.9. The lowest BCUT2D eigenvalue weighted by atomic mass is 10.2. The predicted octanol–water partition coefficient (Wildman–Crippen LogP) is 1.39. The van der Waals surface area contributed by atoms with Crippen LogP contribution in [0.3, 0.4) is 0 Å². The highest BCUT2D eigenvalue weighted by atomic mass is 16.5. The number of unbranched alkanes of at least 4 members (excludes halogenated alkanes) is 1. The molecule has 0 aliphatic carbocycles. The molecule has 0 aliphatic heterocycles. The van der Waals surface area contributed by atoms with Crippen molar-refractivity contribution in [2.75, 3.05) is 26.3 Å². The van der Waals surface area contributed by atoms with Crippen molar-refractivity contribution in [3.05, 3.63) is 0 Å². The smallest absolute Gasteiger partial charge is 0.248 e. The van der Waals surface area contributed by atoms with E-state index in [0.717, 1.165) is 25.8 Å². The van der Waals surface area contributed by atoms with E-state index in [1.165, 1.54) is 0 Å². The van der Waals surface area contributed by atoms with Crippen LogP contribution in [-0.4, -0.2) is 43.2 Å². The van der Waals surface area contributed by atoms with Gasteiger partial charge in [-0.1, -0.05) is 20.3 Å². The SMILES string of the molecule is CCCCN(C(=O)COCCN)C(C)CC. The Morgan fingerprint density at radius 3 is 2.62 bits per heavy atom. The summed E-state index contributed by atoms with van der Waals surface area (Å²) in [5.41, 5.74) is 5.31. The standard InChI is InChI=1S/C12H26N2O2/c1-4-6-8-14(11(3)5-2)12(15)10-16-9-7-13/h11H,4-10,13H2,1-3H3. The average molecular weight is 230 g/mol. The zero-order chi connectivity index (χ0) is 12.4. The summed E-state index contributed by atoms with van der Waals surface area (Å²) in [6, 6.07) is 0.292. The molecule has 0 saturated carbocycles. The van der Waals surface area contributed by atoms with Crippen LogP contribution < -0.4 is 5.73 Å². The molecule has 16 heavy (non-hydrogen) atoms. The van der Waals surface area contributed by atoms with Crippen molar-refractivity contribution < 1.29 is 9.53 Å². The van der Waals surface area contributed by atoms with Crippen LogP contribution in [0, 0.1) is 0 Å². The van der Waals surface area contributed by atoms with Crippen molar-refractivity contribution in [2.45, 2.75) is 46.1 Å². The normalized spacial score (nSPS) is 12.5. The molecule has 0 aromatic carbocycles. The van der Waals surface area contributed by atoms with Gasteiger partial charge in [0, 0.05) is 19.1 Å². The molecule has 4 heteroatoms. The van der Waals surface area contributed by atoms with Crippen LogP contribution in [0.15, 0.2) is 0 Å². The van der Waals surface area contributed by atoms with Gasteiger partial charge >= 0.3 is 0 Å².